The first-order valence-electron chi connectivity index (χ1n) is 8.13. The fourth-order valence-corrected chi connectivity index (χ4v) is 2.69. The van der Waals surface area contributed by atoms with Gasteiger partial charge in [-0.2, -0.15) is 14.9 Å². The van der Waals surface area contributed by atoms with Crippen LogP contribution in [0.4, 0.5) is 5.69 Å². The van der Waals surface area contributed by atoms with Crippen LogP contribution in [0.5, 0.6) is 0 Å². The number of aryl methyl sites for hydroxylation is 2. The summed E-state index contributed by atoms with van der Waals surface area (Å²) in [5, 5.41) is 27.9. The van der Waals surface area contributed by atoms with E-state index in [2.05, 4.69) is 20.4 Å². The second kappa shape index (κ2) is 6.87. The Kier molecular flexibility index (Phi) is 4.61. The number of nitro benzene ring substituents is 1. The molecule has 0 aliphatic heterocycles. The van der Waals surface area contributed by atoms with E-state index in [4.69, 9.17) is 0 Å². The number of rotatable bonds is 5. The summed E-state index contributed by atoms with van der Waals surface area (Å²) in [6.45, 7) is 7.65. The van der Waals surface area contributed by atoms with Gasteiger partial charge in [0.2, 0.25) is 0 Å². The average Bonchev–Trinajstić information content (AvgIpc) is 3.17. The molecule has 26 heavy (non-hydrogen) atoms. The molecule has 0 spiro atoms. The van der Waals surface area contributed by atoms with Gasteiger partial charge >= 0.3 is 0 Å². The molecule has 1 aromatic carbocycles. The summed E-state index contributed by atoms with van der Waals surface area (Å²) < 4.78 is 3.12. The third kappa shape index (κ3) is 3.37. The third-order valence-corrected chi connectivity index (χ3v) is 3.92. The molecule has 0 aliphatic rings. The van der Waals surface area contributed by atoms with E-state index in [0.29, 0.717) is 17.1 Å². The van der Waals surface area contributed by atoms with E-state index >= 15 is 0 Å². The van der Waals surface area contributed by atoms with Crippen molar-refractivity contribution in [1.29, 1.82) is 0 Å². The van der Waals surface area contributed by atoms with Crippen LogP contribution in [-0.2, 0) is 0 Å². The Balaban J connectivity index is 1.95. The Bertz CT molecular complexity index is 985. The maximum absolute atomic E-state index is 11.3. The van der Waals surface area contributed by atoms with Gasteiger partial charge in [0.1, 0.15) is 6.33 Å². The Morgan fingerprint density at radius 1 is 1.27 bits per heavy atom. The molecule has 0 bridgehead atoms. The second-order valence-corrected chi connectivity index (χ2v) is 6.29. The maximum atomic E-state index is 11.3. The molecule has 0 fully saturated rings. The van der Waals surface area contributed by atoms with Crippen LogP contribution in [0.3, 0.4) is 0 Å². The zero-order valence-corrected chi connectivity index (χ0v) is 15.0. The van der Waals surface area contributed by atoms with Crippen LogP contribution in [0.25, 0.3) is 5.95 Å². The lowest BCUT2D eigenvalue weighted by Crippen LogP contribution is -2.06. The molecule has 3 aromatic rings. The molecule has 9 heteroatoms. The molecule has 0 atom stereocenters. The Labute approximate surface area is 150 Å². The van der Waals surface area contributed by atoms with Gasteiger partial charge in [-0.3, -0.25) is 10.1 Å². The predicted molar refractivity (Wildman–Crippen MR) is 96.8 cm³/mol. The minimum absolute atomic E-state index is 0.0665. The van der Waals surface area contributed by atoms with Crippen molar-refractivity contribution in [2.45, 2.75) is 33.6 Å². The molecule has 0 amide bonds. The number of benzene rings is 1. The highest BCUT2D eigenvalue weighted by molar-refractivity contribution is 5.81. The lowest BCUT2D eigenvalue weighted by molar-refractivity contribution is -0.385. The summed E-state index contributed by atoms with van der Waals surface area (Å²) in [5.74, 6) is 0.511. The zero-order chi connectivity index (χ0) is 18.8. The molecule has 0 radical (unpaired) electrons. The minimum Gasteiger partial charge on any atom is -0.258 e. The molecule has 0 saturated carbocycles. The number of hydrogen-bond acceptors (Lipinski definition) is 6. The molecule has 0 N–H and O–H groups in total. The van der Waals surface area contributed by atoms with Crippen molar-refractivity contribution in [3.05, 3.63) is 63.2 Å². The van der Waals surface area contributed by atoms with Gasteiger partial charge in [-0.1, -0.05) is 26.0 Å². The van der Waals surface area contributed by atoms with Crippen molar-refractivity contribution in [2.75, 3.05) is 0 Å². The zero-order valence-electron chi connectivity index (χ0n) is 15.0. The Morgan fingerprint density at radius 2 is 2.04 bits per heavy atom. The molecule has 2 heterocycles. The van der Waals surface area contributed by atoms with Crippen molar-refractivity contribution < 1.29 is 4.92 Å². The Morgan fingerprint density at radius 3 is 2.65 bits per heavy atom. The van der Waals surface area contributed by atoms with E-state index in [0.717, 1.165) is 11.4 Å². The van der Waals surface area contributed by atoms with Gasteiger partial charge in [-0.25, -0.2) is 4.68 Å². The molecule has 9 nitrogen and oxygen atoms in total. The first-order chi connectivity index (χ1) is 12.4. The molecule has 0 unspecified atom stereocenters. The van der Waals surface area contributed by atoms with E-state index in [1.165, 1.54) is 23.3 Å². The van der Waals surface area contributed by atoms with Crippen LogP contribution in [0.2, 0.25) is 0 Å². The third-order valence-electron chi connectivity index (χ3n) is 3.92. The normalized spacial score (nSPS) is 11.6. The van der Waals surface area contributed by atoms with Gasteiger partial charge in [-0.15, -0.1) is 10.2 Å². The van der Waals surface area contributed by atoms with Crippen molar-refractivity contribution in [3.63, 3.8) is 0 Å². The fraction of sp³-hybridized carbons (Fsp3) is 0.294. The lowest BCUT2D eigenvalue weighted by atomic mass is 9.99. The monoisotopic (exact) mass is 353 g/mol. The van der Waals surface area contributed by atoms with Gasteiger partial charge in [0, 0.05) is 22.9 Å². The highest BCUT2D eigenvalue weighted by Gasteiger charge is 2.16. The number of aromatic nitrogens is 5. The highest BCUT2D eigenvalue weighted by Crippen LogP contribution is 2.26. The second-order valence-electron chi connectivity index (χ2n) is 6.29. The molecule has 3 rings (SSSR count). The van der Waals surface area contributed by atoms with E-state index in [1.54, 1.807) is 16.8 Å². The summed E-state index contributed by atoms with van der Waals surface area (Å²) in [6.07, 6.45) is 2.99. The van der Waals surface area contributed by atoms with Gasteiger partial charge in [-0.05, 0) is 25.8 Å². The Hall–Kier alpha value is -3.36. The quantitative estimate of drug-likeness (QED) is 0.398. The molecule has 2 aromatic heterocycles. The molecular formula is C17H19N7O2. The summed E-state index contributed by atoms with van der Waals surface area (Å²) >= 11 is 0. The molecule has 134 valence electrons. The van der Waals surface area contributed by atoms with Gasteiger partial charge in [0.05, 0.1) is 16.8 Å². The maximum Gasteiger partial charge on any atom is 0.273 e. The number of nitrogens with zero attached hydrogens (tertiary/aromatic N) is 7. The van der Waals surface area contributed by atoms with Crippen LogP contribution in [0.15, 0.2) is 35.7 Å². The van der Waals surface area contributed by atoms with Crippen LogP contribution >= 0.6 is 0 Å². The number of nitro groups is 1. The topological polar surface area (TPSA) is 104 Å². The molecule has 0 saturated heterocycles. The molecular weight excluding hydrogens is 334 g/mol. The van der Waals surface area contributed by atoms with Gasteiger partial charge in [0.15, 0.2) is 0 Å². The summed E-state index contributed by atoms with van der Waals surface area (Å²) in [5.41, 5.74) is 3.17. The van der Waals surface area contributed by atoms with E-state index in [9.17, 15) is 10.1 Å². The minimum atomic E-state index is -0.368. The smallest absolute Gasteiger partial charge is 0.258 e. The fourth-order valence-electron chi connectivity index (χ4n) is 2.69. The van der Waals surface area contributed by atoms with E-state index in [-0.39, 0.29) is 16.5 Å². The van der Waals surface area contributed by atoms with Crippen LogP contribution in [0.1, 0.15) is 42.3 Å². The van der Waals surface area contributed by atoms with E-state index in [1.807, 2.05) is 33.8 Å². The first-order valence-corrected chi connectivity index (χ1v) is 8.13. The number of hydrogen-bond donors (Lipinski definition) is 0. The largest absolute Gasteiger partial charge is 0.273 e. The predicted octanol–water partition coefficient (Wildman–Crippen LogP) is 2.99. The average molecular weight is 353 g/mol. The van der Waals surface area contributed by atoms with E-state index < -0.39 is 0 Å². The van der Waals surface area contributed by atoms with Crippen LogP contribution in [-0.4, -0.2) is 35.8 Å². The van der Waals surface area contributed by atoms with Crippen molar-refractivity contribution in [2.24, 2.45) is 5.10 Å². The SMILES string of the molecule is Cc1cc(C)n(-c2nncn2/N=C/c2ccc(C(C)C)c([N+](=O)[O-])c2)n1. The van der Waals surface area contributed by atoms with Crippen molar-refractivity contribution in [3.8, 4) is 5.95 Å². The highest BCUT2D eigenvalue weighted by atomic mass is 16.6. The summed E-state index contributed by atoms with van der Waals surface area (Å²) in [6, 6.07) is 7.01. The lowest BCUT2D eigenvalue weighted by Gasteiger charge is -2.07. The van der Waals surface area contributed by atoms with Crippen molar-refractivity contribution in [1.82, 2.24) is 24.7 Å². The van der Waals surface area contributed by atoms with Gasteiger partial charge in [0.25, 0.3) is 11.6 Å². The summed E-state index contributed by atoms with van der Waals surface area (Å²) in [7, 11) is 0. The first kappa shape index (κ1) is 17.5. The van der Waals surface area contributed by atoms with Gasteiger partial charge < -0.3 is 0 Å². The van der Waals surface area contributed by atoms with Crippen molar-refractivity contribution >= 4 is 11.9 Å². The van der Waals surface area contributed by atoms with Crippen LogP contribution in [0, 0.1) is 24.0 Å². The standard InChI is InChI=1S/C17H19N7O2/c1-11(2)15-6-5-14(8-16(15)24(25)26)9-19-22-10-18-20-17(22)23-13(4)7-12(3)21-23/h5-11H,1-4H3/b19-9+. The van der Waals surface area contributed by atoms with Crippen LogP contribution < -0.4 is 0 Å². The molecule has 0 aliphatic carbocycles. The summed E-state index contributed by atoms with van der Waals surface area (Å²) in [4.78, 5) is 10.9.